The molecule has 3 rings (SSSR count). The Labute approximate surface area is 77.3 Å². The fraction of sp³-hybridized carbons (Fsp3) is 0.545. The highest BCUT2D eigenvalue weighted by Gasteiger charge is 2.39. The quantitative estimate of drug-likeness (QED) is 0.526. The lowest BCUT2D eigenvalue weighted by Crippen LogP contribution is -2.27. The van der Waals surface area contributed by atoms with Gasteiger partial charge in [0.2, 0.25) is 5.78 Å². The molecule has 68 valence electrons. The molecular weight excluding hydrogens is 164 g/mol. The van der Waals surface area contributed by atoms with Gasteiger partial charge in [0.25, 0.3) is 0 Å². The third-order valence-corrected chi connectivity index (χ3v) is 3.22. The van der Waals surface area contributed by atoms with Crippen molar-refractivity contribution in [1.82, 2.24) is 0 Å². The van der Waals surface area contributed by atoms with Crippen LogP contribution >= 0.6 is 0 Å². The number of hydrogen-bond acceptors (Lipinski definition) is 2. The third-order valence-electron chi connectivity index (χ3n) is 3.22. The second-order valence-electron chi connectivity index (χ2n) is 4.00. The fourth-order valence-corrected chi connectivity index (χ4v) is 2.55. The van der Waals surface area contributed by atoms with Crippen molar-refractivity contribution in [3.8, 4) is 0 Å². The molecule has 1 heterocycles. The minimum Gasteiger partial charge on any atom is -0.490 e. The van der Waals surface area contributed by atoms with Crippen molar-refractivity contribution in [3.05, 3.63) is 23.5 Å². The fourth-order valence-electron chi connectivity index (χ4n) is 2.55. The van der Waals surface area contributed by atoms with Crippen LogP contribution in [0.15, 0.2) is 23.5 Å². The van der Waals surface area contributed by atoms with Crippen LogP contribution in [0, 0.1) is 11.8 Å². The largest absolute Gasteiger partial charge is 0.490 e. The van der Waals surface area contributed by atoms with Gasteiger partial charge in [-0.25, -0.2) is 0 Å². The molecule has 2 unspecified atom stereocenters. The van der Waals surface area contributed by atoms with Gasteiger partial charge >= 0.3 is 0 Å². The normalized spacial score (nSPS) is 36.2. The summed E-state index contributed by atoms with van der Waals surface area (Å²) < 4.78 is 5.47. The summed E-state index contributed by atoms with van der Waals surface area (Å²) in [6.07, 6.45) is 7.36. The van der Waals surface area contributed by atoms with Gasteiger partial charge in [-0.3, -0.25) is 4.79 Å². The van der Waals surface area contributed by atoms with Gasteiger partial charge in [-0.05, 0) is 24.8 Å². The van der Waals surface area contributed by atoms with Crippen LogP contribution in [0.4, 0.5) is 0 Å². The van der Waals surface area contributed by atoms with Gasteiger partial charge in [0.1, 0.15) is 0 Å². The van der Waals surface area contributed by atoms with Crippen molar-refractivity contribution in [1.29, 1.82) is 0 Å². The Kier molecular flexibility index (Phi) is 1.40. The molecule has 2 aliphatic carbocycles. The van der Waals surface area contributed by atoms with E-state index in [4.69, 9.17) is 4.74 Å². The maximum absolute atomic E-state index is 11.8. The van der Waals surface area contributed by atoms with Gasteiger partial charge in [0, 0.05) is 11.8 Å². The molecule has 13 heavy (non-hydrogen) atoms. The maximum Gasteiger partial charge on any atom is 0.204 e. The van der Waals surface area contributed by atoms with Crippen LogP contribution in [0.5, 0.6) is 0 Å². The SMILES string of the molecule is O=C1C2=C(CCCO2)C2C=CC1C2. The van der Waals surface area contributed by atoms with E-state index >= 15 is 0 Å². The van der Waals surface area contributed by atoms with Gasteiger partial charge in [-0.2, -0.15) is 0 Å². The average molecular weight is 176 g/mol. The predicted octanol–water partition coefficient (Wildman–Crippen LogP) is 1.83. The molecule has 0 amide bonds. The Balaban J connectivity index is 2.09. The molecular formula is C11H12O2. The molecule has 2 nitrogen and oxygen atoms in total. The Hall–Kier alpha value is -1.05. The Morgan fingerprint density at radius 2 is 2.15 bits per heavy atom. The molecule has 0 saturated carbocycles. The molecule has 2 atom stereocenters. The standard InChI is InChI=1S/C11H12O2/c12-10-8-4-3-7(6-8)9-2-1-5-13-11(9)10/h3-4,7-8H,1-2,5-6H2. The molecule has 0 aromatic heterocycles. The monoisotopic (exact) mass is 176 g/mol. The second-order valence-corrected chi connectivity index (χ2v) is 4.00. The summed E-state index contributed by atoms with van der Waals surface area (Å²) in [5, 5.41) is 0. The summed E-state index contributed by atoms with van der Waals surface area (Å²) in [7, 11) is 0. The molecule has 0 aromatic rings. The molecule has 0 N–H and O–H groups in total. The zero-order chi connectivity index (χ0) is 8.84. The number of ketones is 1. The van der Waals surface area contributed by atoms with E-state index in [0.29, 0.717) is 11.7 Å². The summed E-state index contributed by atoms with van der Waals surface area (Å²) in [5.41, 5.74) is 1.27. The molecule has 0 radical (unpaired) electrons. The van der Waals surface area contributed by atoms with Gasteiger partial charge < -0.3 is 4.74 Å². The van der Waals surface area contributed by atoms with E-state index in [0.717, 1.165) is 25.9 Å². The first kappa shape index (κ1) is 7.36. The number of carbonyl (C=O) groups is 1. The first-order valence-corrected chi connectivity index (χ1v) is 4.94. The van der Waals surface area contributed by atoms with Crippen molar-refractivity contribution in [2.45, 2.75) is 19.3 Å². The van der Waals surface area contributed by atoms with Gasteiger partial charge in [0.15, 0.2) is 5.76 Å². The topological polar surface area (TPSA) is 26.3 Å². The lowest BCUT2D eigenvalue weighted by atomic mass is 9.82. The summed E-state index contributed by atoms with van der Waals surface area (Å²) in [5.74, 6) is 1.57. The van der Waals surface area contributed by atoms with E-state index in [1.165, 1.54) is 5.57 Å². The molecule has 0 aromatic carbocycles. The van der Waals surface area contributed by atoms with Crippen molar-refractivity contribution in [3.63, 3.8) is 0 Å². The lowest BCUT2D eigenvalue weighted by molar-refractivity contribution is -0.122. The van der Waals surface area contributed by atoms with Crippen LogP contribution in [0.1, 0.15) is 19.3 Å². The maximum atomic E-state index is 11.8. The summed E-state index contributed by atoms with van der Waals surface area (Å²) in [4.78, 5) is 11.8. The number of Topliss-reactive ketones (excluding diaryl/α,β-unsaturated/α-hetero) is 1. The number of allylic oxidation sites excluding steroid dienone is 4. The van der Waals surface area contributed by atoms with Gasteiger partial charge in [-0.1, -0.05) is 12.2 Å². The van der Waals surface area contributed by atoms with E-state index in [1.807, 2.05) is 0 Å². The molecule has 2 bridgehead atoms. The van der Waals surface area contributed by atoms with Crippen molar-refractivity contribution in [2.75, 3.05) is 6.61 Å². The zero-order valence-corrected chi connectivity index (χ0v) is 7.45. The Morgan fingerprint density at radius 3 is 3.08 bits per heavy atom. The second kappa shape index (κ2) is 2.47. The average Bonchev–Trinajstić information content (AvgIpc) is 2.61. The smallest absolute Gasteiger partial charge is 0.204 e. The zero-order valence-electron chi connectivity index (χ0n) is 7.45. The number of rotatable bonds is 0. The van der Waals surface area contributed by atoms with Crippen molar-refractivity contribution < 1.29 is 9.53 Å². The van der Waals surface area contributed by atoms with E-state index in [2.05, 4.69) is 12.2 Å². The number of fused-ring (bicyclic) bond motifs is 3. The van der Waals surface area contributed by atoms with Gasteiger partial charge in [0.05, 0.1) is 6.61 Å². The predicted molar refractivity (Wildman–Crippen MR) is 48.0 cm³/mol. The molecule has 2 heteroatoms. The van der Waals surface area contributed by atoms with E-state index in [9.17, 15) is 4.79 Å². The van der Waals surface area contributed by atoms with Crippen LogP contribution in [0.25, 0.3) is 0 Å². The Morgan fingerprint density at radius 1 is 1.31 bits per heavy atom. The molecule has 0 saturated heterocycles. The minimum absolute atomic E-state index is 0.127. The van der Waals surface area contributed by atoms with Crippen LogP contribution in [0.3, 0.4) is 0 Å². The lowest BCUT2D eigenvalue weighted by Gasteiger charge is -2.28. The Bertz CT molecular complexity index is 325. The van der Waals surface area contributed by atoms with Crippen LogP contribution in [0.2, 0.25) is 0 Å². The highest BCUT2D eigenvalue weighted by atomic mass is 16.5. The molecule has 3 aliphatic rings. The van der Waals surface area contributed by atoms with E-state index < -0.39 is 0 Å². The summed E-state index contributed by atoms with van der Waals surface area (Å²) >= 11 is 0. The van der Waals surface area contributed by atoms with E-state index in [-0.39, 0.29) is 11.7 Å². The minimum atomic E-state index is 0.127. The third kappa shape index (κ3) is 0.916. The van der Waals surface area contributed by atoms with Crippen molar-refractivity contribution >= 4 is 5.78 Å². The van der Waals surface area contributed by atoms with Crippen molar-refractivity contribution in [2.24, 2.45) is 11.8 Å². The highest BCUT2D eigenvalue weighted by Crippen LogP contribution is 2.42. The van der Waals surface area contributed by atoms with Crippen LogP contribution in [-0.2, 0) is 9.53 Å². The first-order chi connectivity index (χ1) is 6.36. The summed E-state index contributed by atoms with van der Waals surface area (Å²) in [6, 6.07) is 0. The van der Waals surface area contributed by atoms with Crippen LogP contribution in [-0.4, -0.2) is 12.4 Å². The van der Waals surface area contributed by atoms with E-state index in [1.54, 1.807) is 0 Å². The first-order valence-electron chi connectivity index (χ1n) is 4.94. The number of ether oxygens (including phenoxy) is 1. The van der Waals surface area contributed by atoms with Crippen LogP contribution < -0.4 is 0 Å². The molecule has 0 fully saturated rings. The highest BCUT2D eigenvalue weighted by molar-refractivity contribution is 5.99. The number of hydrogen-bond donors (Lipinski definition) is 0. The number of carbonyl (C=O) groups excluding carboxylic acids is 1. The summed E-state index contributed by atoms with van der Waals surface area (Å²) in [6.45, 7) is 0.726. The molecule has 1 aliphatic heterocycles. The molecule has 0 spiro atoms. The van der Waals surface area contributed by atoms with Gasteiger partial charge in [-0.15, -0.1) is 0 Å².